The Kier molecular flexibility index (Phi) is 6.35. The quantitative estimate of drug-likeness (QED) is 0.720. The summed E-state index contributed by atoms with van der Waals surface area (Å²) in [4.78, 5) is 23.9. The minimum absolute atomic E-state index is 0.0731. The number of rotatable bonds is 7. The number of hydrogen-bond acceptors (Lipinski definition) is 3. The lowest BCUT2D eigenvalue weighted by atomic mass is 10.1. The van der Waals surface area contributed by atoms with Crippen molar-refractivity contribution in [2.45, 2.75) is 45.2 Å². The second kappa shape index (κ2) is 7.78. The highest BCUT2D eigenvalue weighted by atomic mass is 32.1. The van der Waals surface area contributed by atoms with E-state index < -0.39 is 18.0 Å². The topological polar surface area (TPSA) is 78.4 Å². The SMILES string of the molecule is CCC[C@@H](NC(=O)NC(CC)c1cccs1)C(=O)O. The van der Waals surface area contributed by atoms with E-state index in [4.69, 9.17) is 5.11 Å². The van der Waals surface area contributed by atoms with Gasteiger partial charge in [-0.05, 0) is 24.3 Å². The van der Waals surface area contributed by atoms with Crippen LogP contribution in [0.3, 0.4) is 0 Å². The lowest BCUT2D eigenvalue weighted by molar-refractivity contribution is -0.139. The molecular formula is C13H20N2O3S. The Morgan fingerprint density at radius 3 is 2.58 bits per heavy atom. The first-order valence-electron chi connectivity index (χ1n) is 6.41. The fourth-order valence-electron chi connectivity index (χ4n) is 1.77. The first-order chi connectivity index (χ1) is 9.08. The molecule has 0 saturated carbocycles. The third kappa shape index (κ3) is 4.90. The third-order valence-electron chi connectivity index (χ3n) is 2.78. The number of nitrogens with one attached hydrogen (secondary N) is 2. The average molecular weight is 284 g/mol. The largest absolute Gasteiger partial charge is 0.480 e. The van der Waals surface area contributed by atoms with Crippen molar-refractivity contribution in [1.82, 2.24) is 10.6 Å². The van der Waals surface area contributed by atoms with Crippen LogP contribution in [0.5, 0.6) is 0 Å². The Labute approximate surface area is 117 Å². The standard InChI is InChI=1S/C13H20N2O3S/c1-3-6-10(12(16)17)15-13(18)14-9(4-2)11-7-5-8-19-11/h5,7-10H,3-4,6H2,1-2H3,(H,16,17)(H2,14,15,18)/t9?,10-/m1/s1. The molecular weight excluding hydrogens is 264 g/mol. The van der Waals surface area contributed by atoms with E-state index >= 15 is 0 Å². The van der Waals surface area contributed by atoms with Crippen molar-refractivity contribution < 1.29 is 14.7 Å². The van der Waals surface area contributed by atoms with Gasteiger partial charge in [-0.25, -0.2) is 9.59 Å². The van der Waals surface area contributed by atoms with Gasteiger partial charge in [0.15, 0.2) is 0 Å². The highest BCUT2D eigenvalue weighted by Crippen LogP contribution is 2.21. The lowest BCUT2D eigenvalue weighted by Gasteiger charge is -2.19. The molecule has 0 aliphatic heterocycles. The Hall–Kier alpha value is -1.56. The Morgan fingerprint density at radius 2 is 2.11 bits per heavy atom. The van der Waals surface area contributed by atoms with Gasteiger partial charge in [0.2, 0.25) is 0 Å². The molecule has 0 aliphatic rings. The van der Waals surface area contributed by atoms with Crippen molar-refractivity contribution in [3.63, 3.8) is 0 Å². The Bertz CT molecular complexity index is 406. The van der Waals surface area contributed by atoms with Crippen LogP contribution in [-0.2, 0) is 4.79 Å². The van der Waals surface area contributed by atoms with Crippen molar-refractivity contribution in [3.05, 3.63) is 22.4 Å². The average Bonchev–Trinajstić information content (AvgIpc) is 2.89. The van der Waals surface area contributed by atoms with E-state index in [1.54, 1.807) is 11.3 Å². The molecule has 106 valence electrons. The van der Waals surface area contributed by atoms with Crippen molar-refractivity contribution in [3.8, 4) is 0 Å². The van der Waals surface area contributed by atoms with E-state index in [2.05, 4.69) is 10.6 Å². The van der Waals surface area contributed by atoms with Crippen molar-refractivity contribution in [2.75, 3.05) is 0 Å². The molecule has 5 nitrogen and oxygen atoms in total. The highest BCUT2D eigenvalue weighted by Gasteiger charge is 2.20. The molecule has 1 aromatic heterocycles. The van der Waals surface area contributed by atoms with Crippen molar-refractivity contribution in [1.29, 1.82) is 0 Å². The Balaban J connectivity index is 2.55. The second-order valence-electron chi connectivity index (χ2n) is 4.27. The maximum Gasteiger partial charge on any atom is 0.326 e. The first-order valence-corrected chi connectivity index (χ1v) is 7.29. The number of carbonyl (C=O) groups excluding carboxylic acids is 1. The molecule has 0 bridgehead atoms. The summed E-state index contributed by atoms with van der Waals surface area (Å²) >= 11 is 1.57. The van der Waals surface area contributed by atoms with Gasteiger partial charge in [0.1, 0.15) is 6.04 Å². The molecule has 2 atom stereocenters. The molecule has 0 fully saturated rings. The molecule has 2 amide bonds. The van der Waals surface area contributed by atoms with Gasteiger partial charge in [0.25, 0.3) is 0 Å². The minimum Gasteiger partial charge on any atom is -0.480 e. The van der Waals surface area contributed by atoms with Crippen LogP contribution in [0.25, 0.3) is 0 Å². The summed E-state index contributed by atoms with van der Waals surface area (Å²) in [6, 6.07) is 2.56. The number of carbonyl (C=O) groups is 2. The van der Waals surface area contributed by atoms with E-state index in [0.29, 0.717) is 12.8 Å². The smallest absolute Gasteiger partial charge is 0.326 e. The molecule has 0 saturated heterocycles. The van der Waals surface area contributed by atoms with Crippen LogP contribution in [0.4, 0.5) is 4.79 Å². The third-order valence-corrected chi connectivity index (χ3v) is 3.77. The van der Waals surface area contributed by atoms with E-state index in [0.717, 1.165) is 11.3 Å². The molecule has 1 heterocycles. The van der Waals surface area contributed by atoms with E-state index in [1.165, 1.54) is 0 Å². The monoisotopic (exact) mass is 284 g/mol. The number of urea groups is 1. The zero-order valence-electron chi connectivity index (χ0n) is 11.2. The van der Waals surface area contributed by atoms with Gasteiger partial charge in [0.05, 0.1) is 6.04 Å². The zero-order chi connectivity index (χ0) is 14.3. The van der Waals surface area contributed by atoms with Crippen LogP contribution >= 0.6 is 11.3 Å². The van der Waals surface area contributed by atoms with E-state index in [9.17, 15) is 9.59 Å². The number of carboxylic acid groups (broad SMARTS) is 1. The molecule has 1 aromatic rings. The summed E-state index contributed by atoms with van der Waals surface area (Å²) in [7, 11) is 0. The molecule has 0 aromatic carbocycles. The van der Waals surface area contributed by atoms with Gasteiger partial charge in [-0.1, -0.05) is 26.3 Å². The number of amides is 2. The fraction of sp³-hybridized carbons (Fsp3) is 0.538. The molecule has 19 heavy (non-hydrogen) atoms. The lowest BCUT2D eigenvalue weighted by Crippen LogP contribution is -2.46. The van der Waals surface area contributed by atoms with Gasteiger partial charge in [-0.3, -0.25) is 0 Å². The van der Waals surface area contributed by atoms with Crippen molar-refractivity contribution >= 4 is 23.3 Å². The van der Waals surface area contributed by atoms with Crippen LogP contribution in [0.15, 0.2) is 17.5 Å². The molecule has 3 N–H and O–H groups in total. The summed E-state index contributed by atoms with van der Waals surface area (Å²) in [5.41, 5.74) is 0. The summed E-state index contributed by atoms with van der Waals surface area (Å²) in [6.45, 7) is 3.86. The van der Waals surface area contributed by atoms with Crippen LogP contribution in [0, 0.1) is 0 Å². The van der Waals surface area contributed by atoms with E-state index in [-0.39, 0.29) is 6.04 Å². The number of carboxylic acids is 1. The van der Waals surface area contributed by atoms with Gasteiger partial charge in [-0.15, -0.1) is 11.3 Å². The second-order valence-corrected chi connectivity index (χ2v) is 5.25. The van der Waals surface area contributed by atoms with Gasteiger partial charge in [-0.2, -0.15) is 0 Å². The molecule has 0 aliphatic carbocycles. The van der Waals surface area contributed by atoms with Crippen LogP contribution in [0.1, 0.15) is 44.0 Å². The molecule has 1 rings (SSSR count). The number of hydrogen-bond donors (Lipinski definition) is 3. The maximum absolute atomic E-state index is 11.8. The first kappa shape index (κ1) is 15.5. The summed E-state index contributed by atoms with van der Waals surface area (Å²) < 4.78 is 0. The minimum atomic E-state index is -0.999. The highest BCUT2D eigenvalue weighted by molar-refractivity contribution is 7.10. The maximum atomic E-state index is 11.8. The van der Waals surface area contributed by atoms with Gasteiger partial charge >= 0.3 is 12.0 Å². The Morgan fingerprint density at radius 1 is 1.37 bits per heavy atom. The van der Waals surface area contributed by atoms with Crippen LogP contribution in [0.2, 0.25) is 0 Å². The number of aliphatic carboxylic acids is 1. The summed E-state index contributed by atoms with van der Waals surface area (Å²) in [6.07, 6.45) is 1.90. The van der Waals surface area contributed by atoms with Gasteiger partial charge in [0, 0.05) is 4.88 Å². The molecule has 0 radical (unpaired) electrons. The van der Waals surface area contributed by atoms with Crippen LogP contribution in [-0.4, -0.2) is 23.1 Å². The molecule has 1 unspecified atom stereocenters. The summed E-state index contributed by atoms with van der Waals surface area (Å²) in [5.74, 6) is -0.999. The summed E-state index contributed by atoms with van der Waals surface area (Å²) in [5, 5.41) is 16.3. The molecule has 6 heteroatoms. The number of thiophene rings is 1. The molecule has 0 spiro atoms. The fourth-order valence-corrected chi connectivity index (χ4v) is 2.63. The van der Waals surface area contributed by atoms with Crippen molar-refractivity contribution in [2.24, 2.45) is 0 Å². The zero-order valence-corrected chi connectivity index (χ0v) is 12.0. The predicted octanol–water partition coefficient (Wildman–Crippen LogP) is 2.75. The van der Waals surface area contributed by atoms with Crippen LogP contribution < -0.4 is 10.6 Å². The van der Waals surface area contributed by atoms with Gasteiger partial charge < -0.3 is 15.7 Å². The van der Waals surface area contributed by atoms with E-state index in [1.807, 2.05) is 31.4 Å². The predicted molar refractivity (Wildman–Crippen MR) is 75.4 cm³/mol. The normalized spacial score (nSPS) is 13.6.